The Morgan fingerprint density at radius 2 is 1.83 bits per heavy atom. The summed E-state index contributed by atoms with van der Waals surface area (Å²) in [4.78, 5) is 11.3. The van der Waals surface area contributed by atoms with E-state index < -0.39 is 11.7 Å². The summed E-state index contributed by atoms with van der Waals surface area (Å²) in [5.41, 5.74) is 0.499. The van der Waals surface area contributed by atoms with Crippen LogP contribution >= 0.6 is 11.6 Å². The van der Waals surface area contributed by atoms with Crippen molar-refractivity contribution < 1.29 is 9.53 Å². The van der Waals surface area contributed by atoms with E-state index in [1.807, 2.05) is 45.0 Å². The number of benzene rings is 1. The molecule has 0 spiro atoms. The molecule has 1 rings (SSSR count). The predicted octanol–water partition coefficient (Wildman–Crippen LogP) is 3.28. The van der Waals surface area contributed by atoms with E-state index >= 15 is 0 Å². The van der Waals surface area contributed by atoms with Gasteiger partial charge >= 0.3 is 6.09 Å². The van der Waals surface area contributed by atoms with Crippen LogP contribution in [0.4, 0.5) is 10.5 Å². The summed E-state index contributed by atoms with van der Waals surface area (Å²) in [5.74, 6) is 0. The fourth-order valence-corrected chi connectivity index (χ4v) is 1.38. The van der Waals surface area contributed by atoms with Gasteiger partial charge in [0.25, 0.3) is 0 Å². The summed E-state index contributed by atoms with van der Waals surface area (Å²) >= 11 is 5.77. The SMILES string of the molecule is CC(C)(C)OC(=O)NCCNc1ccc(Cl)cc1. The lowest BCUT2D eigenvalue weighted by Gasteiger charge is -2.19. The first kappa shape index (κ1) is 14.6. The quantitative estimate of drug-likeness (QED) is 0.826. The zero-order valence-electron chi connectivity index (χ0n) is 10.9. The molecule has 0 unspecified atom stereocenters. The summed E-state index contributed by atoms with van der Waals surface area (Å²) < 4.78 is 5.11. The minimum absolute atomic E-state index is 0.402. The summed E-state index contributed by atoms with van der Waals surface area (Å²) in [6, 6.07) is 7.39. The highest BCUT2D eigenvalue weighted by Gasteiger charge is 2.15. The molecule has 1 amide bonds. The molecule has 1 aromatic rings. The Morgan fingerprint density at radius 1 is 1.22 bits per heavy atom. The Hall–Kier alpha value is -1.42. The van der Waals surface area contributed by atoms with Crippen molar-refractivity contribution in [3.05, 3.63) is 29.3 Å². The van der Waals surface area contributed by atoms with Crippen molar-refractivity contribution in [3.8, 4) is 0 Å². The van der Waals surface area contributed by atoms with Crippen LogP contribution in [0.2, 0.25) is 5.02 Å². The first-order valence-corrected chi connectivity index (χ1v) is 6.21. The first-order chi connectivity index (χ1) is 8.37. The Morgan fingerprint density at radius 3 is 2.39 bits per heavy atom. The summed E-state index contributed by atoms with van der Waals surface area (Å²) in [7, 11) is 0. The third-order valence-corrected chi connectivity index (χ3v) is 2.22. The molecule has 0 radical (unpaired) electrons. The molecule has 0 aromatic heterocycles. The number of carbonyl (C=O) groups is 1. The van der Waals surface area contributed by atoms with E-state index in [1.54, 1.807) is 0 Å². The van der Waals surface area contributed by atoms with E-state index in [2.05, 4.69) is 10.6 Å². The van der Waals surface area contributed by atoms with E-state index in [1.165, 1.54) is 0 Å². The van der Waals surface area contributed by atoms with Gasteiger partial charge in [0.15, 0.2) is 0 Å². The van der Waals surface area contributed by atoms with Gasteiger partial charge in [0, 0.05) is 23.8 Å². The van der Waals surface area contributed by atoms with Crippen LogP contribution in [0.5, 0.6) is 0 Å². The number of hydrogen-bond acceptors (Lipinski definition) is 3. The highest BCUT2D eigenvalue weighted by Crippen LogP contribution is 2.12. The number of hydrogen-bond donors (Lipinski definition) is 2. The van der Waals surface area contributed by atoms with E-state index in [9.17, 15) is 4.79 Å². The number of nitrogens with one attached hydrogen (secondary N) is 2. The van der Waals surface area contributed by atoms with Gasteiger partial charge in [-0.1, -0.05) is 11.6 Å². The third-order valence-electron chi connectivity index (χ3n) is 1.97. The van der Waals surface area contributed by atoms with E-state index in [0.717, 1.165) is 5.69 Å². The van der Waals surface area contributed by atoms with Crippen molar-refractivity contribution in [3.63, 3.8) is 0 Å². The number of ether oxygens (including phenoxy) is 1. The molecule has 100 valence electrons. The molecule has 0 aliphatic carbocycles. The van der Waals surface area contributed by atoms with Crippen LogP contribution in [0.1, 0.15) is 20.8 Å². The molecule has 18 heavy (non-hydrogen) atoms. The van der Waals surface area contributed by atoms with Crippen molar-refractivity contribution in [1.82, 2.24) is 5.32 Å². The smallest absolute Gasteiger partial charge is 0.407 e. The molecule has 2 N–H and O–H groups in total. The molecule has 0 aliphatic heterocycles. The van der Waals surface area contributed by atoms with Gasteiger partial charge in [-0.15, -0.1) is 0 Å². The monoisotopic (exact) mass is 270 g/mol. The Bertz CT molecular complexity index is 385. The fraction of sp³-hybridized carbons (Fsp3) is 0.462. The normalized spacial score (nSPS) is 10.9. The topological polar surface area (TPSA) is 50.4 Å². The van der Waals surface area contributed by atoms with Gasteiger partial charge in [-0.05, 0) is 45.0 Å². The lowest BCUT2D eigenvalue weighted by molar-refractivity contribution is 0.0530. The number of halogens is 1. The van der Waals surface area contributed by atoms with Crippen LogP contribution in [0.25, 0.3) is 0 Å². The van der Waals surface area contributed by atoms with Gasteiger partial charge < -0.3 is 15.4 Å². The third kappa shape index (κ3) is 6.35. The first-order valence-electron chi connectivity index (χ1n) is 5.83. The zero-order chi connectivity index (χ0) is 13.6. The van der Waals surface area contributed by atoms with Crippen molar-refractivity contribution in [2.24, 2.45) is 0 Å². The summed E-state index contributed by atoms with van der Waals surface area (Å²) in [6.45, 7) is 6.62. The van der Waals surface area contributed by atoms with Crippen LogP contribution in [0.3, 0.4) is 0 Å². The number of rotatable bonds is 4. The molecule has 1 aromatic carbocycles. The van der Waals surface area contributed by atoms with Gasteiger partial charge in [-0.25, -0.2) is 4.79 Å². The number of amides is 1. The summed E-state index contributed by atoms with van der Waals surface area (Å²) in [6.07, 6.45) is -0.402. The van der Waals surface area contributed by atoms with Crippen LogP contribution in [-0.2, 0) is 4.74 Å². The predicted molar refractivity (Wildman–Crippen MR) is 74.2 cm³/mol. The van der Waals surface area contributed by atoms with Crippen molar-refractivity contribution in [2.75, 3.05) is 18.4 Å². The average Bonchev–Trinajstić information content (AvgIpc) is 2.24. The maximum atomic E-state index is 11.3. The molecule has 0 atom stereocenters. The highest BCUT2D eigenvalue weighted by atomic mass is 35.5. The standard InChI is InChI=1S/C13H19ClN2O2/c1-13(2,3)18-12(17)16-9-8-15-11-6-4-10(14)5-7-11/h4-7,15H,8-9H2,1-3H3,(H,16,17). The van der Waals surface area contributed by atoms with Crippen LogP contribution in [-0.4, -0.2) is 24.8 Å². The number of alkyl carbamates (subject to hydrolysis) is 1. The van der Waals surface area contributed by atoms with Crippen LogP contribution in [0.15, 0.2) is 24.3 Å². The van der Waals surface area contributed by atoms with Gasteiger partial charge in [0.05, 0.1) is 0 Å². The lowest BCUT2D eigenvalue weighted by atomic mass is 10.2. The van der Waals surface area contributed by atoms with Crippen molar-refractivity contribution >= 4 is 23.4 Å². The summed E-state index contributed by atoms with van der Waals surface area (Å²) in [5, 5.41) is 6.53. The van der Waals surface area contributed by atoms with Gasteiger partial charge in [0.2, 0.25) is 0 Å². The molecule has 0 saturated carbocycles. The van der Waals surface area contributed by atoms with Gasteiger partial charge in [-0.2, -0.15) is 0 Å². The minimum Gasteiger partial charge on any atom is -0.444 e. The van der Waals surface area contributed by atoms with Crippen molar-refractivity contribution in [1.29, 1.82) is 0 Å². The minimum atomic E-state index is -0.465. The number of carbonyl (C=O) groups excluding carboxylic acids is 1. The van der Waals surface area contributed by atoms with Crippen molar-refractivity contribution in [2.45, 2.75) is 26.4 Å². The second-order valence-electron chi connectivity index (χ2n) is 4.86. The second-order valence-corrected chi connectivity index (χ2v) is 5.30. The van der Waals surface area contributed by atoms with E-state index in [-0.39, 0.29) is 0 Å². The molecule has 0 heterocycles. The Labute approximate surface area is 113 Å². The van der Waals surface area contributed by atoms with Crippen LogP contribution < -0.4 is 10.6 Å². The average molecular weight is 271 g/mol. The largest absolute Gasteiger partial charge is 0.444 e. The molecule has 0 aliphatic rings. The molecule has 0 fully saturated rings. The van der Waals surface area contributed by atoms with Crippen LogP contribution in [0, 0.1) is 0 Å². The van der Waals surface area contributed by atoms with E-state index in [0.29, 0.717) is 18.1 Å². The highest BCUT2D eigenvalue weighted by molar-refractivity contribution is 6.30. The molecular weight excluding hydrogens is 252 g/mol. The Balaban J connectivity index is 2.19. The van der Waals surface area contributed by atoms with Gasteiger partial charge in [0.1, 0.15) is 5.60 Å². The fourth-order valence-electron chi connectivity index (χ4n) is 1.25. The maximum Gasteiger partial charge on any atom is 0.407 e. The van der Waals surface area contributed by atoms with E-state index in [4.69, 9.17) is 16.3 Å². The molecule has 0 saturated heterocycles. The van der Waals surface area contributed by atoms with Gasteiger partial charge in [-0.3, -0.25) is 0 Å². The molecule has 4 nitrogen and oxygen atoms in total. The lowest BCUT2D eigenvalue weighted by Crippen LogP contribution is -2.34. The Kier molecular flexibility index (Phi) is 5.28. The molecule has 0 bridgehead atoms. The molecule has 5 heteroatoms. The molecular formula is C13H19ClN2O2. The maximum absolute atomic E-state index is 11.3. The second kappa shape index (κ2) is 6.50. The zero-order valence-corrected chi connectivity index (χ0v) is 11.7. The number of anilines is 1.